The predicted octanol–water partition coefficient (Wildman–Crippen LogP) is 4.52. The van der Waals surface area contributed by atoms with Crippen LogP contribution in [0, 0.1) is 0 Å². The maximum Gasteiger partial charge on any atom is 0.576 e. The van der Waals surface area contributed by atoms with Gasteiger partial charge in [-0.15, -0.1) is 0 Å². The van der Waals surface area contributed by atoms with Gasteiger partial charge in [-0.25, -0.2) is 0 Å². The number of rotatable bonds is 8. The van der Waals surface area contributed by atoms with Gasteiger partial charge in [0.2, 0.25) is 0 Å². The Balaban J connectivity index is 1.89. The lowest BCUT2D eigenvalue weighted by Gasteiger charge is -2.11. The molecule has 0 bridgehead atoms. The van der Waals surface area contributed by atoms with E-state index < -0.39 is 0 Å². The van der Waals surface area contributed by atoms with Crippen LogP contribution in [-0.4, -0.2) is 20.9 Å². The lowest BCUT2D eigenvalue weighted by atomic mass is 10.2. The minimum absolute atomic E-state index is 0.0363. The van der Waals surface area contributed by atoms with Gasteiger partial charge in [0.1, 0.15) is 23.0 Å². The number of halogens is 2. The van der Waals surface area contributed by atoms with Crippen molar-refractivity contribution in [1.82, 2.24) is 0 Å². The van der Waals surface area contributed by atoms with Crippen LogP contribution in [0.4, 0.5) is 0 Å². The summed E-state index contributed by atoms with van der Waals surface area (Å²) < 4.78 is 21.7. The second-order valence-electron chi connectivity index (χ2n) is 4.46. The molecule has 0 aliphatic carbocycles. The summed E-state index contributed by atoms with van der Waals surface area (Å²) in [6.07, 6.45) is 0. The third-order valence-electron chi connectivity index (χ3n) is 2.86. The van der Waals surface area contributed by atoms with Gasteiger partial charge >= 0.3 is 7.69 Å². The average Bonchev–Trinajstić information content (AvgIpc) is 2.53. The molecule has 0 aliphatic rings. The standard InChI is InChI=1S/C16H17BCl2O4/c1-3-20-15-7-5-11(9-13(15)18)22-17-23-12-6-8-16(21-4-2)14(19)10-12/h5-10,17H,3-4H2,1-2H3. The second-order valence-corrected chi connectivity index (χ2v) is 5.27. The summed E-state index contributed by atoms with van der Waals surface area (Å²) in [6.45, 7) is 4.91. The third kappa shape index (κ3) is 5.15. The highest BCUT2D eigenvalue weighted by Crippen LogP contribution is 2.30. The summed E-state index contributed by atoms with van der Waals surface area (Å²) in [4.78, 5) is 0. The molecule has 2 rings (SSSR count). The van der Waals surface area contributed by atoms with Crippen molar-refractivity contribution in [3.63, 3.8) is 0 Å². The maximum atomic E-state index is 6.09. The maximum absolute atomic E-state index is 6.09. The van der Waals surface area contributed by atoms with Crippen LogP contribution in [0.2, 0.25) is 10.0 Å². The summed E-state index contributed by atoms with van der Waals surface area (Å²) in [6, 6.07) is 10.4. The van der Waals surface area contributed by atoms with Crippen LogP contribution in [0.5, 0.6) is 23.0 Å². The highest BCUT2D eigenvalue weighted by molar-refractivity contribution is 6.32. The number of hydrogen-bond acceptors (Lipinski definition) is 4. The first-order valence-electron chi connectivity index (χ1n) is 7.24. The lowest BCUT2D eigenvalue weighted by Crippen LogP contribution is -2.11. The first kappa shape index (κ1) is 17.6. The second kappa shape index (κ2) is 8.80. The molecule has 122 valence electrons. The van der Waals surface area contributed by atoms with E-state index in [1.165, 1.54) is 0 Å². The molecular weight excluding hydrogens is 338 g/mol. The SMILES string of the molecule is CCOc1ccc(OBOc2ccc(OCC)c(Cl)c2)cc1Cl. The molecule has 0 atom stereocenters. The molecule has 23 heavy (non-hydrogen) atoms. The van der Waals surface area contributed by atoms with Crippen LogP contribution < -0.4 is 18.8 Å². The predicted molar refractivity (Wildman–Crippen MR) is 93.6 cm³/mol. The fourth-order valence-electron chi connectivity index (χ4n) is 1.85. The molecule has 0 aromatic heterocycles. The van der Waals surface area contributed by atoms with Gasteiger partial charge < -0.3 is 18.8 Å². The fraction of sp³-hybridized carbons (Fsp3) is 0.250. The summed E-state index contributed by atoms with van der Waals surface area (Å²) in [7, 11) is 0.0363. The van der Waals surface area contributed by atoms with Crippen LogP contribution in [0.25, 0.3) is 0 Å². The van der Waals surface area contributed by atoms with Crippen molar-refractivity contribution in [2.75, 3.05) is 13.2 Å². The molecule has 0 radical (unpaired) electrons. The first-order chi connectivity index (χ1) is 11.1. The van der Waals surface area contributed by atoms with Gasteiger partial charge in [0.05, 0.1) is 23.3 Å². The molecule has 0 N–H and O–H groups in total. The van der Waals surface area contributed by atoms with Gasteiger partial charge in [0.15, 0.2) is 0 Å². The van der Waals surface area contributed by atoms with E-state index in [9.17, 15) is 0 Å². The Morgan fingerprint density at radius 3 is 1.57 bits per heavy atom. The molecule has 0 heterocycles. The number of ether oxygens (including phenoxy) is 2. The quantitative estimate of drug-likeness (QED) is 0.653. The summed E-state index contributed by atoms with van der Waals surface area (Å²) in [5, 5.41) is 0.988. The van der Waals surface area contributed by atoms with Gasteiger partial charge in [0.25, 0.3) is 0 Å². The Bertz CT molecular complexity index is 596. The molecule has 4 nitrogen and oxygen atoms in total. The van der Waals surface area contributed by atoms with Crippen molar-refractivity contribution in [2.45, 2.75) is 13.8 Å². The van der Waals surface area contributed by atoms with Crippen molar-refractivity contribution in [3.05, 3.63) is 46.4 Å². The lowest BCUT2D eigenvalue weighted by molar-refractivity contribution is 0.339. The highest BCUT2D eigenvalue weighted by atomic mass is 35.5. The summed E-state index contributed by atoms with van der Waals surface area (Å²) >= 11 is 12.2. The molecule has 0 amide bonds. The van der Waals surface area contributed by atoms with E-state index >= 15 is 0 Å². The van der Waals surface area contributed by atoms with Crippen LogP contribution in [0.3, 0.4) is 0 Å². The van der Waals surface area contributed by atoms with Crippen molar-refractivity contribution in [1.29, 1.82) is 0 Å². The van der Waals surface area contributed by atoms with Crippen molar-refractivity contribution < 1.29 is 18.8 Å². The molecule has 0 saturated heterocycles. The number of hydrogen-bond donors (Lipinski definition) is 0. The Kier molecular flexibility index (Phi) is 6.75. The van der Waals surface area contributed by atoms with Crippen LogP contribution in [0.1, 0.15) is 13.8 Å². The van der Waals surface area contributed by atoms with E-state index in [0.717, 1.165) is 0 Å². The smallest absolute Gasteiger partial charge is 0.528 e. The Hall–Kier alpha value is -1.72. The van der Waals surface area contributed by atoms with E-state index in [4.69, 9.17) is 42.0 Å². The molecule has 0 aliphatic heterocycles. The van der Waals surface area contributed by atoms with Crippen LogP contribution >= 0.6 is 23.2 Å². The number of benzene rings is 2. The molecular formula is C16H17BCl2O4. The molecule has 0 fully saturated rings. The van der Waals surface area contributed by atoms with E-state index in [1.807, 2.05) is 13.8 Å². The first-order valence-corrected chi connectivity index (χ1v) is 8.00. The van der Waals surface area contributed by atoms with Gasteiger partial charge in [0, 0.05) is 12.1 Å². The van der Waals surface area contributed by atoms with Crippen molar-refractivity contribution >= 4 is 30.9 Å². The van der Waals surface area contributed by atoms with Gasteiger partial charge in [-0.1, -0.05) is 23.2 Å². The zero-order valence-electron chi connectivity index (χ0n) is 13.0. The minimum atomic E-state index is 0.0363. The van der Waals surface area contributed by atoms with Crippen LogP contribution in [-0.2, 0) is 0 Å². The van der Waals surface area contributed by atoms with E-state index in [1.54, 1.807) is 36.4 Å². The fourth-order valence-corrected chi connectivity index (χ4v) is 2.30. The van der Waals surface area contributed by atoms with Crippen molar-refractivity contribution in [3.8, 4) is 23.0 Å². The average molecular weight is 355 g/mol. The molecule has 2 aromatic carbocycles. The van der Waals surface area contributed by atoms with Crippen LogP contribution in [0.15, 0.2) is 36.4 Å². The topological polar surface area (TPSA) is 36.9 Å². The van der Waals surface area contributed by atoms with E-state index in [-0.39, 0.29) is 7.69 Å². The molecule has 0 spiro atoms. The zero-order valence-corrected chi connectivity index (χ0v) is 14.5. The molecule has 0 saturated carbocycles. The summed E-state index contributed by atoms with van der Waals surface area (Å²) in [5.41, 5.74) is 0. The highest BCUT2D eigenvalue weighted by Gasteiger charge is 2.07. The molecule has 2 aromatic rings. The Morgan fingerprint density at radius 2 is 1.22 bits per heavy atom. The Labute approximate surface area is 146 Å². The third-order valence-corrected chi connectivity index (χ3v) is 3.45. The van der Waals surface area contributed by atoms with E-state index in [2.05, 4.69) is 0 Å². The minimum Gasteiger partial charge on any atom is -0.528 e. The molecule has 7 heteroatoms. The largest absolute Gasteiger partial charge is 0.576 e. The Morgan fingerprint density at radius 1 is 0.783 bits per heavy atom. The van der Waals surface area contributed by atoms with Crippen molar-refractivity contribution in [2.24, 2.45) is 0 Å². The normalized spacial score (nSPS) is 10.1. The molecule has 0 unspecified atom stereocenters. The summed E-state index contributed by atoms with van der Waals surface area (Å²) in [5.74, 6) is 2.44. The van der Waals surface area contributed by atoms with Gasteiger partial charge in [-0.2, -0.15) is 0 Å². The van der Waals surface area contributed by atoms with Gasteiger partial charge in [-0.05, 0) is 38.1 Å². The monoisotopic (exact) mass is 354 g/mol. The van der Waals surface area contributed by atoms with Gasteiger partial charge in [-0.3, -0.25) is 0 Å². The van der Waals surface area contributed by atoms with E-state index in [0.29, 0.717) is 46.3 Å². The zero-order chi connectivity index (χ0) is 16.7.